The van der Waals surface area contributed by atoms with Gasteiger partial charge in [-0.3, -0.25) is 4.90 Å². The van der Waals surface area contributed by atoms with Crippen LogP contribution in [0.4, 0.5) is 0 Å². The maximum absolute atomic E-state index is 5.40. The summed E-state index contributed by atoms with van der Waals surface area (Å²) in [5.41, 5.74) is 2.70. The van der Waals surface area contributed by atoms with Gasteiger partial charge in [0.15, 0.2) is 0 Å². The topological polar surface area (TPSA) is 24.5 Å². The quantitative estimate of drug-likeness (QED) is 0.881. The lowest BCUT2D eigenvalue weighted by Gasteiger charge is -2.33. The van der Waals surface area contributed by atoms with Crippen molar-refractivity contribution in [1.82, 2.24) is 10.2 Å². The molecule has 2 rings (SSSR count). The summed E-state index contributed by atoms with van der Waals surface area (Å²) in [7, 11) is 0. The van der Waals surface area contributed by atoms with E-state index in [4.69, 9.17) is 4.74 Å². The third-order valence-corrected chi connectivity index (χ3v) is 3.93. The molecule has 0 unspecified atom stereocenters. The van der Waals surface area contributed by atoms with Crippen molar-refractivity contribution >= 4 is 0 Å². The van der Waals surface area contributed by atoms with E-state index in [1.807, 2.05) is 0 Å². The average molecular weight is 262 g/mol. The highest BCUT2D eigenvalue weighted by Gasteiger charge is 2.17. The highest BCUT2D eigenvalue weighted by molar-refractivity contribution is 5.24. The van der Waals surface area contributed by atoms with E-state index in [9.17, 15) is 0 Å². The van der Waals surface area contributed by atoms with Crippen LogP contribution in [-0.2, 0) is 4.74 Å². The Balaban J connectivity index is 1.80. The first kappa shape index (κ1) is 14.5. The molecule has 0 bridgehead atoms. The molecule has 2 atom stereocenters. The van der Waals surface area contributed by atoms with Crippen LogP contribution in [0, 0.1) is 6.92 Å². The number of hydrogen-bond donors (Lipinski definition) is 1. The molecule has 0 spiro atoms. The zero-order chi connectivity index (χ0) is 13.7. The molecule has 0 amide bonds. The Morgan fingerprint density at radius 2 is 2.00 bits per heavy atom. The molecule has 1 fully saturated rings. The van der Waals surface area contributed by atoms with Crippen molar-refractivity contribution in [2.75, 3.05) is 32.8 Å². The zero-order valence-electron chi connectivity index (χ0n) is 12.4. The van der Waals surface area contributed by atoms with Gasteiger partial charge in [0.05, 0.1) is 13.2 Å². The number of aryl methyl sites for hydroxylation is 1. The molecule has 1 heterocycles. The second-order valence-corrected chi connectivity index (χ2v) is 5.54. The maximum atomic E-state index is 5.40. The minimum Gasteiger partial charge on any atom is -0.379 e. The Morgan fingerprint density at radius 3 is 2.68 bits per heavy atom. The molecule has 1 aliphatic rings. The van der Waals surface area contributed by atoms with Gasteiger partial charge in [-0.15, -0.1) is 0 Å². The standard InChI is InChI=1S/C16H26N2O/c1-13-5-4-6-16(11-13)15(3)17-12-14(2)18-7-9-19-10-8-18/h4-6,11,14-15,17H,7-10,12H2,1-3H3/t14-,15+/m0/s1. The van der Waals surface area contributed by atoms with Gasteiger partial charge in [-0.2, -0.15) is 0 Å². The maximum Gasteiger partial charge on any atom is 0.0594 e. The molecule has 1 aromatic rings. The van der Waals surface area contributed by atoms with Crippen molar-refractivity contribution in [3.05, 3.63) is 35.4 Å². The van der Waals surface area contributed by atoms with Gasteiger partial charge in [-0.25, -0.2) is 0 Å². The lowest BCUT2D eigenvalue weighted by Crippen LogP contribution is -2.46. The summed E-state index contributed by atoms with van der Waals surface area (Å²) in [6, 6.07) is 9.71. The molecule has 3 nitrogen and oxygen atoms in total. The van der Waals surface area contributed by atoms with Crippen molar-refractivity contribution in [2.45, 2.75) is 32.9 Å². The number of hydrogen-bond acceptors (Lipinski definition) is 3. The van der Waals surface area contributed by atoms with E-state index in [2.05, 4.69) is 55.3 Å². The van der Waals surface area contributed by atoms with Crippen LogP contribution in [0.5, 0.6) is 0 Å². The van der Waals surface area contributed by atoms with E-state index in [0.717, 1.165) is 32.8 Å². The van der Waals surface area contributed by atoms with Crippen molar-refractivity contribution < 1.29 is 4.74 Å². The first-order valence-electron chi connectivity index (χ1n) is 7.28. The highest BCUT2D eigenvalue weighted by Crippen LogP contribution is 2.14. The van der Waals surface area contributed by atoms with Crippen LogP contribution in [0.2, 0.25) is 0 Å². The number of ether oxygens (including phenoxy) is 1. The molecule has 106 valence electrons. The molecule has 0 aromatic heterocycles. The molecule has 1 aromatic carbocycles. The van der Waals surface area contributed by atoms with E-state index < -0.39 is 0 Å². The number of rotatable bonds is 5. The third-order valence-electron chi connectivity index (χ3n) is 3.93. The Hall–Kier alpha value is -0.900. The van der Waals surface area contributed by atoms with Crippen LogP contribution < -0.4 is 5.32 Å². The van der Waals surface area contributed by atoms with E-state index in [0.29, 0.717) is 12.1 Å². The molecule has 19 heavy (non-hydrogen) atoms. The van der Waals surface area contributed by atoms with Crippen LogP contribution in [-0.4, -0.2) is 43.8 Å². The number of benzene rings is 1. The summed E-state index contributed by atoms with van der Waals surface area (Å²) in [4.78, 5) is 2.50. The third kappa shape index (κ3) is 4.30. The Labute approximate surface area is 116 Å². The number of nitrogens with one attached hydrogen (secondary N) is 1. The van der Waals surface area contributed by atoms with E-state index in [1.165, 1.54) is 11.1 Å². The van der Waals surface area contributed by atoms with Crippen LogP contribution >= 0.6 is 0 Å². The SMILES string of the molecule is Cc1cccc([C@@H](C)NC[C@H](C)N2CCOCC2)c1. The second kappa shape index (κ2) is 7.04. The van der Waals surface area contributed by atoms with Gasteiger partial charge in [0, 0.05) is 31.7 Å². The largest absolute Gasteiger partial charge is 0.379 e. The summed E-state index contributed by atoms with van der Waals surface area (Å²) in [5, 5.41) is 3.64. The summed E-state index contributed by atoms with van der Waals surface area (Å²) in [5.74, 6) is 0. The minimum atomic E-state index is 0.406. The summed E-state index contributed by atoms with van der Waals surface area (Å²) >= 11 is 0. The molecule has 0 saturated carbocycles. The monoisotopic (exact) mass is 262 g/mol. The van der Waals surface area contributed by atoms with Crippen molar-refractivity contribution in [2.24, 2.45) is 0 Å². The molecule has 0 aliphatic carbocycles. The lowest BCUT2D eigenvalue weighted by atomic mass is 10.1. The van der Waals surface area contributed by atoms with Crippen LogP contribution in [0.25, 0.3) is 0 Å². The molecule has 3 heteroatoms. The Bertz CT molecular complexity index is 388. The summed E-state index contributed by atoms with van der Waals surface area (Å²) < 4.78 is 5.40. The zero-order valence-corrected chi connectivity index (χ0v) is 12.4. The van der Waals surface area contributed by atoms with Gasteiger partial charge >= 0.3 is 0 Å². The van der Waals surface area contributed by atoms with Gasteiger partial charge in [0.1, 0.15) is 0 Å². The second-order valence-electron chi connectivity index (χ2n) is 5.54. The predicted molar refractivity (Wildman–Crippen MR) is 79.5 cm³/mol. The molecule has 0 radical (unpaired) electrons. The van der Waals surface area contributed by atoms with E-state index in [1.54, 1.807) is 0 Å². The molecular weight excluding hydrogens is 236 g/mol. The van der Waals surface area contributed by atoms with Crippen LogP contribution in [0.3, 0.4) is 0 Å². The minimum absolute atomic E-state index is 0.406. The first-order chi connectivity index (χ1) is 9.16. The first-order valence-corrected chi connectivity index (χ1v) is 7.28. The summed E-state index contributed by atoms with van der Waals surface area (Å²) in [6.07, 6.45) is 0. The van der Waals surface area contributed by atoms with Gasteiger partial charge in [0.2, 0.25) is 0 Å². The number of morpholine rings is 1. The Kier molecular flexibility index (Phi) is 5.37. The predicted octanol–water partition coefficient (Wildman–Crippen LogP) is 2.37. The fraction of sp³-hybridized carbons (Fsp3) is 0.625. The Morgan fingerprint density at radius 1 is 1.26 bits per heavy atom. The van der Waals surface area contributed by atoms with E-state index in [-0.39, 0.29) is 0 Å². The fourth-order valence-electron chi connectivity index (χ4n) is 2.55. The highest BCUT2D eigenvalue weighted by atomic mass is 16.5. The van der Waals surface area contributed by atoms with E-state index >= 15 is 0 Å². The molecular formula is C16H26N2O. The van der Waals surface area contributed by atoms with Gasteiger partial charge in [-0.1, -0.05) is 29.8 Å². The fourth-order valence-corrected chi connectivity index (χ4v) is 2.55. The lowest BCUT2D eigenvalue weighted by molar-refractivity contribution is 0.0200. The van der Waals surface area contributed by atoms with Crippen molar-refractivity contribution in [3.63, 3.8) is 0 Å². The number of nitrogens with zero attached hydrogens (tertiary/aromatic N) is 1. The van der Waals surface area contributed by atoms with Crippen molar-refractivity contribution in [1.29, 1.82) is 0 Å². The normalized spacial score (nSPS) is 20.2. The van der Waals surface area contributed by atoms with Gasteiger partial charge < -0.3 is 10.1 Å². The van der Waals surface area contributed by atoms with Crippen LogP contribution in [0.15, 0.2) is 24.3 Å². The molecule has 1 aliphatic heterocycles. The average Bonchev–Trinajstić information content (AvgIpc) is 2.45. The smallest absolute Gasteiger partial charge is 0.0594 e. The van der Waals surface area contributed by atoms with Gasteiger partial charge in [0.25, 0.3) is 0 Å². The molecule has 1 N–H and O–H groups in total. The molecule has 1 saturated heterocycles. The van der Waals surface area contributed by atoms with Crippen molar-refractivity contribution in [3.8, 4) is 0 Å². The van der Waals surface area contributed by atoms with Crippen LogP contribution in [0.1, 0.15) is 31.0 Å². The van der Waals surface area contributed by atoms with Gasteiger partial charge in [-0.05, 0) is 26.3 Å². The summed E-state index contributed by atoms with van der Waals surface area (Å²) in [6.45, 7) is 11.6.